The second-order valence-corrected chi connectivity index (χ2v) is 3.87. The van der Waals surface area contributed by atoms with Crippen molar-refractivity contribution in [3.05, 3.63) is 36.0 Å². The number of nitrogens with zero attached hydrogens (tertiary/aromatic N) is 2. The lowest BCUT2D eigenvalue weighted by Crippen LogP contribution is -2.03. The van der Waals surface area contributed by atoms with Gasteiger partial charge >= 0.3 is 0 Å². The molecule has 0 saturated carbocycles. The van der Waals surface area contributed by atoms with Crippen LogP contribution in [-0.2, 0) is 5.88 Å². The Labute approximate surface area is 110 Å². The van der Waals surface area contributed by atoms with E-state index < -0.39 is 0 Å². The zero-order valence-electron chi connectivity index (χ0n) is 10.1. The predicted molar refractivity (Wildman–Crippen MR) is 65.9 cm³/mol. The first-order valence-electron chi connectivity index (χ1n) is 5.42. The van der Waals surface area contributed by atoms with Crippen LogP contribution in [0.3, 0.4) is 0 Å². The van der Waals surface area contributed by atoms with Crippen molar-refractivity contribution in [1.82, 2.24) is 10.2 Å². The lowest BCUT2D eigenvalue weighted by Gasteiger charge is -2.11. The van der Waals surface area contributed by atoms with Crippen LogP contribution in [0.2, 0.25) is 0 Å². The Balaban J connectivity index is 2.03. The maximum atomic E-state index is 5.66. The van der Waals surface area contributed by atoms with Crippen LogP contribution in [0.15, 0.2) is 28.7 Å². The average Bonchev–Trinajstić information content (AvgIpc) is 2.88. The van der Waals surface area contributed by atoms with E-state index >= 15 is 0 Å². The molecule has 1 aromatic heterocycles. The quantitative estimate of drug-likeness (QED) is 0.780. The molecule has 96 valence electrons. The average molecular weight is 269 g/mol. The number of halogens is 1. The van der Waals surface area contributed by atoms with Gasteiger partial charge in [0.2, 0.25) is 5.89 Å². The minimum Gasteiger partial charge on any atom is -0.497 e. The minimum atomic E-state index is -0.331. The molecule has 0 aliphatic heterocycles. The van der Waals surface area contributed by atoms with E-state index in [1.54, 1.807) is 7.11 Å². The third-order valence-electron chi connectivity index (χ3n) is 2.32. The van der Waals surface area contributed by atoms with Gasteiger partial charge in [-0.15, -0.1) is 21.8 Å². The molecular formula is C12H13ClN2O3. The molecule has 2 rings (SSSR count). The Morgan fingerprint density at radius 3 is 2.44 bits per heavy atom. The second kappa shape index (κ2) is 5.73. The van der Waals surface area contributed by atoms with Gasteiger partial charge in [-0.05, 0) is 31.2 Å². The van der Waals surface area contributed by atoms with E-state index in [0.717, 1.165) is 5.75 Å². The van der Waals surface area contributed by atoms with Gasteiger partial charge in [-0.1, -0.05) is 0 Å². The lowest BCUT2D eigenvalue weighted by atomic mass is 10.3. The number of rotatable bonds is 5. The standard InChI is InChI=1S/C12H13ClN2O3/c1-8(12-15-14-11(7-13)18-12)17-10-5-3-9(16-2)4-6-10/h3-6,8H,7H2,1-2H3. The highest BCUT2D eigenvalue weighted by atomic mass is 35.5. The monoisotopic (exact) mass is 268 g/mol. The summed E-state index contributed by atoms with van der Waals surface area (Å²) in [4.78, 5) is 0. The molecule has 6 heteroatoms. The summed E-state index contributed by atoms with van der Waals surface area (Å²) in [6.45, 7) is 1.83. The van der Waals surface area contributed by atoms with Crippen LogP contribution in [0.4, 0.5) is 0 Å². The number of methoxy groups -OCH3 is 1. The number of hydrogen-bond donors (Lipinski definition) is 0. The molecule has 0 radical (unpaired) electrons. The summed E-state index contributed by atoms with van der Waals surface area (Å²) in [6.07, 6.45) is -0.331. The first kappa shape index (κ1) is 12.7. The summed E-state index contributed by atoms with van der Waals surface area (Å²) < 4.78 is 16.0. The number of alkyl halides is 1. The Hall–Kier alpha value is -1.75. The number of aromatic nitrogens is 2. The maximum Gasteiger partial charge on any atom is 0.256 e. The number of benzene rings is 1. The minimum absolute atomic E-state index is 0.197. The summed E-state index contributed by atoms with van der Waals surface area (Å²) >= 11 is 5.59. The Morgan fingerprint density at radius 1 is 1.22 bits per heavy atom. The van der Waals surface area contributed by atoms with Gasteiger partial charge in [0, 0.05) is 0 Å². The van der Waals surface area contributed by atoms with Crippen molar-refractivity contribution in [2.24, 2.45) is 0 Å². The smallest absolute Gasteiger partial charge is 0.256 e. The van der Waals surface area contributed by atoms with Gasteiger partial charge in [0.1, 0.15) is 17.4 Å². The number of hydrogen-bond acceptors (Lipinski definition) is 5. The Kier molecular flexibility index (Phi) is 4.04. The highest BCUT2D eigenvalue weighted by Crippen LogP contribution is 2.23. The lowest BCUT2D eigenvalue weighted by molar-refractivity contribution is 0.186. The van der Waals surface area contributed by atoms with Crippen LogP contribution >= 0.6 is 11.6 Å². The van der Waals surface area contributed by atoms with Crippen LogP contribution in [0.1, 0.15) is 24.8 Å². The van der Waals surface area contributed by atoms with Crippen LogP contribution in [0.5, 0.6) is 11.5 Å². The fraction of sp³-hybridized carbons (Fsp3) is 0.333. The van der Waals surface area contributed by atoms with Crippen LogP contribution in [0, 0.1) is 0 Å². The molecule has 18 heavy (non-hydrogen) atoms. The van der Waals surface area contributed by atoms with Crippen molar-refractivity contribution in [3.8, 4) is 11.5 Å². The van der Waals surface area contributed by atoms with E-state index in [4.69, 9.17) is 25.5 Å². The summed E-state index contributed by atoms with van der Waals surface area (Å²) in [5, 5.41) is 7.64. The van der Waals surface area contributed by atoms with E-state index in [1.165, 1.54) is 0 Å². The van der Waals surface area contributed by atoms with Gasteiger partial charge in [0.15, 0.2) is 6.10 Å². The molecule has 0 fully saturated rings. The summed E-state index contributed by atoms with van der Waals surface area (Å²) in [7, 11) is 1.62. The van der Waals surface area contributed by atoms with E-state index in [0.29, 0.717) is 17.5 Å². The Morgan fingerprint density at radius 2 is 1.89 bits per heavy atom. The molecule has 5 nitrogen and oxygen atoms in total. The van der Waals surface area contributed by atoms with Gasteiger partial charge < -0.3 is 13.9 Å². The van der Waals surface area contributed by atoms with E-state index in [2.05, 4.69) is 10.2 Å². The molecule has 0 spiro atoms. The summed E-state index contributed by atoms with van der Waals surface area (Å²) in [6, 6.07) is 7.27. The fourth-order valence-electron chi connectivity index (χ4n) is 1.39. The van der Waals surface area contributed by atoms with Crippen molar-refractivity contribution in [3.63, 3.8) is 0 Å². The second-order valence-electron chi connectivity index (χ2n) is 3.60. The largest absolute Gasteiger partial charge is 0.497 e. The van der Waals surface area contributed by atoms with Gasteiger partial charge in [-0.3, -0.25) is 0 Å². The summed E-state index contributed by atoms with van der Waals surface area (Å²) in [5.74, 6) is 2.46. The van der Waals surface area contributed by atoms with E-state index in [1.807, 2.05) is 31.2 Å². The Bertz CT molecular complexity index is 498. The molecule has 0 aliphatic carbocycles. The van der Waals surface area contributed by atoms with Crippen molar-refractivity contribution < 1.29 is 13.9 Å². The van der Waals surface area contributed by atoms with Crippen LogP contribution in [-0.4, -0.2) is 17.3 Å². The van der Waals surface area contributed by atoms with Gasteiger partial charge in [-0.25, -0.2) is 0 Å². The zero-order chi connectivity index (χ0) is 13.0. The topological polar surface area (TPSA) is 57.4 Å². The van der Waals surface area contributed by atoms with Gasteiger partial charge in [0.05, 0.1) is 7.11 Å². The molecule has 2 aromatic rings. The molecule has 0 bridgehead atoms. The van der Waals surface area contributed by atoms with E-state index in [-0.39, 0.29) is 12.0 Å². The number of ether oxygens (including phenoxy) is 2. The molecule has 0 amide bonds. The van der Waals surface area contributed by atoms with E-state index in [9.17, 15) is 0 Å². The SMILES string of the molecule is COc1ccc(OC(C)c2nnc(CCl)o2)cc1. The molecule has 1 aromatic carbocycles. The molecular weight excluding hydrogens is 256 g/mol. The third-order valence-corrected chi connectivity index (χ3v) is 2.55. The third kappa shape index (κ3) is 2.92. The highest BCUT2D eigenvalue weighted by molar-refractivity contribution is 6.16. The molecule has 0 saturated heterocycles. The molecule has 0 N–H and O–H groups in total. The normalized spacial score (nSPS) is 12.2. The molecule has 1 unspecified atom stereocenters. The van der Waals surface area contributed by atoms with Crippen LogP contribution < -0.4 is 9.47 Å². The van der Waals surface area contributed by atoms with Crippen LogP contribution in [0.25, 0.3) is 0 Å². The molecule has 1 heterocycles. The molecule has 1 atom stereocenters. The summed E-state index contributed by atoms with van der Waals surface area (Å²) in [5.41, 5.74) is 0. The first-order valence-corrected chi connectivity index (χ1v) is 5.95. The fourth-order valence-corrected chi connectivity index (χ4v) is 1.50. The van der Waals surface area contributed by atoms with Crippen molar-refractivity contribution in [2.75, 3.05) is 7.11 Å². The molecule has 0 aliphatic rings. The highest BCUT2D eigenvalue weighted by Gasteiger charge is 2.15. The maximum absolute atomic E-state index is 5.66. The predicted octanol–water partition coefficient (Wildman–Crippen LogP) is 2.96. The first-order chi connectivity index (χ1) is 8.72. The zero-order valence-corrected chi connectivity index (χ0v) is 10.8. The van der Waals surface area contributed by atoms with Gasteiger partial charge in [-0.2, -0.15) is 0 Å². The van der Waals surface area contributed by atoms with Crippen molar-refractivity contribution in [1.29, 1.82) is 0 Å². The van der Waals surface area contributed by atoms with Crippen molar-refractivity contribution in [2.45, 2.75) is 18.9 Å². The van der Waals surface area contributed by atoms with Gasteiger partial charge in [0.25, 0.3) is 5.89 Å². The van der Waals surface area contributed by atoms with Crippen molar-refractivity contribution >= 4 is 11.6 Å².